The third-order valence-electron chi connectivity index (χ3n) is 2.53. The lowest BCUT2D eigenvalue weighted by Crippen LogP contribution is -1.71. The van der Waals surface area contributed by atoms with E-state index in [0.29, 0.717) is 4.77 Å². The van der Waals surface area contributed by atoms with Gasteiger partial charge in [0.25, 0.3) is 0 Å². The summed E-state index contributed by atoms with van der Waals surface area (Å²) in [5, 5.41) is 2.26. The van der Waals surface area contributed by atoms with Gasteiger partial charge in [-0.3, -0.25) is 0 Å². The van der Waals surface area contributed by atoms with Crippen LogP contribution in [0.3, 0.4) is 0 Å². The SMILES string of the molecule is S=c1[nH]cc(-c2cc(C3CC3)cs2)[nH]1. The van der Waals surface area contributed by atoms with Gasteiger partial charge in [0.1, 0.15) is 0 Å². The molecule has 2 heterocycles. The van der Waals surface area contributed by atoms with Crippen molar-refractivity contribution in [2.75, 3.05) is 0 Å². The van der Waals surface area contributed by atoms with Crippen molar-refractivity contribution in [2.45, 2.75) is 18.8 Å². The molecule has 14 heavy (non-hydrogen) atoms. The largest absolute Gasteiger partial charge is 0.337 e. The molecule has 0 amide bonds. The first-order valence-corrected chi connectivity index (χ1v) is 5.98. The van der Waals surface area contributed by atoms with Crippen LogP contribution in [0, 0.1) is 4.77 Å². The second-order valence-corrected chi connectivity index (χ2v) is 4.99. The highest BCUT2D eigenvalue weighted by Crippen LogP contribution is 2.43. The summed E-state index contributed by atoms with van der Waals surface area (Å²) >= 11 is 6.78. The molecule has 0 radical (unpaired) electrons. The number of hydrogen-bond donors (Lipinski definition) is 2. The fraction of sp³-hybridized carbons (Fsp3) is 0.300. The van der Waals surface area contributed by atoms with Crippen LogP contribution in [0.1, 0.15) is 24.3 Å². The van der Waals surface area contributed by atoms with Gasteiger partial charge in [-0.05, 0) is 48.0 Å². The summed E-state index contributed by atoms with van der Waals surface area (Å²) in [7, 11) is 0. The smallest absolute Gasteiger partial charge is 0.174 e. The van der Waals surface area contributed by atoms with Crippen LogP contribution in [-0.4, -0.2) is 9.97 Å². The Morgan fingerprint density at radius 2 is 2.29 bits per heavy atom. The van der Waals surface area contributed by atoms with E-state index in [2.05, 4.69) is 21.4 Å². The second kappa shape index (κ2) is 3.07. The normalized spacial score (nSPS) is 16.0. The zero-order chi connectivity index (χ0) is 9.54. The molecular formula is C10H10N2S2. The predicted octanol–water partition coefficient (Wildman–Crippen LogP) is 3.68. The molecule has 3 rings (SSSR count). The maximum absolute atomic E-state index is 5.00. The summed E-state index contributed by atoms with van der Waals surface area (Å²) in [4.78, 5) is 7.40. The molecular weight excluding hydrogens is 212 g/mol. The monoisotopic (exact) mass is 222 g/mol. The molecule has 1 saturated carbocycles. The van der Waals surface area contributed by atoms with Crippen LogP contribution in [0.25, 0.3) is 10.6 Å². The van der Waals surface area contributed by atoms with Crippen LogP contribution in [0.5, 0.6) is 0 Å². The van der Waals surface area contributed by atoms with E-state index in [1.54, 1.807) is 11.3 Å². The third-order valence-corrected chi connectivity index (χ3v) is 3.73. The first-order valence-electron chi connectivity index (χ1n) is 4.69. The lowest BCUT2D eigenvalue weighted by Gasteiger charge is -1.88. The molecule has 0 saturated heterocycles. The number of aromatic amines is 2. The van der Waals surface area contributed by atoms with Gasteiger partial charge in [-0.25, -0.2) is 0 Å². The molecule has 1 aliphatic rings. The van der Waals surface area contributed by atoms with Gasteiger partial charge in [-0.1, -0.05) is 0 Å². The van der Waals surface area contributed by atoms with E-state index in [1.807, 2.05) is 6.20 Å². The number of thiophene rings is 1. The average Bonchev–Trinajstić information content (AvgIpc) is 2.76. The Morgan fingerprint density at radius 3 is 2.93 bits per heavy atom. The van der Waals surface area contributed by atoms with Crippen molar-refractivity contribution in [1.29, 1.82) is 0 Å². The third kappa shape index (κ3) is 1.44. The van der Waals surface area contributed by atoms with Crippen molar-refractivity contribution in [1.82, 2.24) is 9.97 Å². The summed E-state index contributed by atoms with van der Waals surface area (Å²) in [6.45, 7) is 0. The number of aromatic nitrogens is 2. The van der Waals surface area contributed by atoms with E-state index in [1.165, 1.54) is 23.3 Å². The quantitative estimate of drug-likeness (QED) is 0.746. The molecule has 1 fully saturated rings. The molecule has 2 N–H and O–H groups in total. The Bertz CT molecular complexity index is 502. The highest BCUT2D eigenvalue weighted by molar-refractivity contribution is 7.71. The minimum Gasteiger partial charge on any atom is -0.337 e. The van der Waals surface area contributed by atoms with E-state index in [0.717, 1.165) is 11.6 Å². The Labute approximate surface area is 91.0 Å². The van der Waals surface area contributed by atoms with Gasteiger partial charge in [0.2, 0.25) is 0 Å². The maximum Gasteiger partial charge on any atom is 0.174 e. The summed E-state index contributed by atoms with van der Waals surface area (Å²) < 4.78 is 0.696. The van der Waals surface area contributed by atoms with E-state index in [-0.39, 0.29) is 0 Å². The standard InChI is InChI=1S/C10H10N2S2/c13-10-11-4-8(12-10)9-3-7(5-14-9)6-1-2-6/h3-6H,1-2H2,(H2,11,12,13). The van der Waals surface area contributed by atoms with Gasteiger partial charge >= 0.3 is 0 Å². The van der Waals surface area contributed by atoms with E-state index < -0.39 is 0 Å². The van der Waals surface area contributed by atoms with Crippen LogP contribution in [-0.2, 0) is 0 Å². The Kier molecular flexibility index (Phi) is 1.85. The molecule has 4 heteroatoms. The highest BCUT2D eigenvalue weighted by Gasteiger charge is 2.24. The summed E-state index contributed by atoms with van der Waals surface area (Å²) in [5.41, 5.74) is 2.59. The first kappa shape index (κ1) is 8.44. The number of H-pyrrole nitrogens is 2. The van der Waals surface area contributed by atoms with E-state index in [4.69, 9.17) is 12.2 Å². The Balaban J connectivity index is 1.99. The van der Waals surface area contributed by atoms with Crippen molar-refractivity contribution < 1.29 is 0 Å². The highest BCUT2D eigenvalue weighted by atomic mass is 32.1. The van der Waals surface area contributed by atoms with Crippen LogP contribution >= 0.6 is 23.6 Å². The average molecular weight is 222 g/mol. The van der Waals surface area contributed by atoms with E-state index in [9.17, 15) is 0 Å². The summed E-state index contributed by atoms with van der Waals surface area (Å²) in [6, 6.07) is 2.27. The van der Waals surface area contributed by atoms with Crippen LogP contribution in [0.15, 0.2) is 17.6 Å². The molecule has 2 aromatic rings. The minimum atomic E-state index is 0.696. The van der Waals surface area contributed by atoms with E-state index >= 15 is 0 Å². The molecule has 2 nitrogen and oxygen atoms in total. The van der Waals surface area contributed by atoms with Gasteiger partial charge in [-0.2, -0.15) is 0 Å². The van der Waals surface area contributed by atoms with Crippen molar-refractivity contribution in [3.8, 4) is 10.6 Å². The fourth-order valence-corrected chi connectivity index (χ4v) is 2.72. The summed E-state index contributed by atoms with van der Waals surface area (Å²) in [6.07, 6.45) is 4.66. The molecule has 0 unspecified atom stereocenters. The van der Waals surface area contributed by atoms with Crippen molar-refractivity contribution >= 4 is 23.6 Å². The van der Waals surface area contributed by atoms with Crippen molar-refractivity contribution in [3.63, 3.8) is 0 Å². The number of rotatable bonds is 2. The molecule has 2 aromatic heterocycles. The number of nitrogens with one attached hydrogen (secondary N) is 2. The number of imidazole rings is 1. The molecule has 0 spiro atoms. The van der Waals surface area contributed by atoms with Gasteiger partial charge < -0.3 is 9.97 Å². The second-order valence-electron chi connectivity index (χ2n) is 3.68. The van der Waals surface area contributed by atoms with Crippen molar-refractivity contribution in [2.24, 2.45) is 0 Å². The van der Waals surface area contributed by atoms with Crippen LogP contribution in [0.4, 0.5) is 0 Å². The fourth-order valence-electron chi connectivity index (χ4n) is 1.59. The molecule has 0 aromatic carbocycles. The van der Waals surface area contributed by atoms with Gasteiger partial charge in [0, 0.05) is 6.20 Å². The van der Waals surface area contributed by atoms with Gasteiger partial charge in [-0.15, -0.1) is 11.3 Å². The Morgan fingerprint density at radius 1 is 1.43 bits per heavy atom. The zero-order valence-corrected chi connectivity index (χ0v) is 9.17. The first-order chi connectivity index (χ1) is 6.83. The molecule has 1 aliphatic carbocycles. The minimum absolute atomic E-state index is 0.696. The number of hydrogen-bond acceptors (Lipinski definition) is 2. The molecule has 0 atom stereocenters. The Hall–Kier alpha value is -0.870. The van der Waals surface area contributed by atoms with Gasteiger partial charge in [0.05, 0.1) is 10.6 Å². The van der Waals surface area contributed by atoms with Crippen LogP contribution < -0.4 is 0 Å². The molecule has 0 bridgehead atoms. The van der Waals surface area contributed by atoms with Crippen molar-refractivity contribution in [3.05, 3.63) is 28.0 Å². The molecule has 72 valence electrons. The zero-order valence-electron chi connectivity index (χ0n) is 7.54. The van der Waals surface area contributed by atoms with Gasteiger partial charge in [0.15, 0.2) is 4.77 Å². The lowest BCUT2D eigenvalue weighted by atomic mass is 10.2. The maximum atomic E-state index is 5.00. The molecule has 0 aliphatic heterocycles. The summed E-state index contributed by atoms with van der Waals surface area (Å²) in [5.74, 6) is 0.835. The predicted molar refractivity (Wildman–Crippen MR) is 61.3 cm³/mol. The van der Waals surface area contributed by atoms with Crippen LogP contribution in [0.2, 0.25) is 0 Å². The topological polar surface area (TPSA) is 31.6 Å². The lowest BCUT2D eigenvalue weighted by molar-refractivity contribution is 1.15.